The Kier molecular flexibility index (Phi) is 6.58. The minimum Gasteiger partial charge on any atom is -0.354 e. The minimum absolute atomic E-state index is 0.00313. The average Bonchev–Trinajstić information content (AvgIpc) is 2.09. The lowest BCUT2D eigenvalue weighted by molar-refractivity contribution is -0.122. The van der Waals surface area contributed by atoms with Crippen molar-refractivity contribution < 1.29 is 4.79 Å². The van der Waals surface area contributed by atoms with E-state index < -0.39 is 0 Å². The third-order valence-electron chi connectivity index (χ3n) is 1.68. The van der Waals surface area contributed by atoms with Crippen LogP contribution in [0.5, 0.6) is 0 Å². The minimum atomic E-state index is -0.232. The lowest BCUT2D eigenvalue weighted by Crippen LogP contribution is -2.43. The first-order valence-electron chi connectivity index (χ1n) is 4.77. The molecule has 0 rings (SSSR count). The molecule has 0 aliphatic heterocycles. The molecule has 14 heavy (non-hydrogen) atoms. The van der Waals surface area contributed by atoms with Gasteiger partial charge in [-0.3, -0.25) is 4.79 Å². The van der Waals surface area contributed by atoms with Crippen LogP contribution in [0, 0.1) is 5.92 Å². The first kappa shape index (κ1) is 13.5. The van der Waals surface area contributed by atoms with Crippen LogP contribution < -0.4 is 10.6 Å². The van der Waals surface area contributed by atoms with E-state index in [1.54, 1.807) is 6.92 Å². The maximum absolute atomic E-state index is 11.4. The van der Waals surface area contributed by atoms with Gasteiger partial charge in [-0.2, -0.15) is 0 Å². The Labute approximate surface area is 90.9 Å². The van der Waals surface area contributed by atoms with E-state index in [1.165, 1.54) is 0 Å². The smallest absolute Gasteiger partial charge is 0.236 e. The highest BCUT2D eigenvalue weighted by atomic mass is 35.5. The molecule has 0 aromatic carbocycles. The molecular weight excluding hydrogens is 200 g/mol. The molecule has 0 saturated heterocycles. The summed E-state index contributed by atoms with van der Waals surface area (Å²) in [5, 5.41) is 6.30. The third kappa shape index (κ3) is 6.92. The van der Waals surface area contributed by atoms with E-state index in [9.17, 15) is 4.79 Å². The van der Waals surface area contributed by atoms with Gasteiger partial charge in [0, 0.05) is 18.1 Å². The van der Waals surface area contributed by atoms with Crippen LogP contribution in [0.15, 0.2) is 11.6 Å². The molecule has 82 valence electrons. The number of hydrogen-bond acceptors (Lipinski definition) is 2. The van der Waals surface area contributed by atoms with E-state index in [2.05, 4.69) is 31.1 Å². The van der Waals surface area contributed by atoms with Gasteiger partial charge in [-0.25, -0.2) is 0 Å². The molecule has 0 radical (unpaired) electrons. The maximum atomic E-state index is 11.4. The molecule has 1 unspecified atom stereocenters. The first-order valence-corrected chi connectivity index (χ1v) is 5.15. The predicted molar refractivity (Wildman–Crippen MR) is 60.3 cm³/mol. The molecule has 0 fully saturated rings. The number of carbonyl (C=O) groups excluding carboxylic acids is 1. The van der Waals surface area contributed by atoms with Crippen molar-refractivity contribution in [3.63, 3.8) is 0 Å². The van der Waals surface area contributed by atoms with Gasteiger partial charge < -0.3 is 10.6 Å². The molecule has 0 aromatic rings. The summed E-state index contributed by atoms with van der Waals surface area (Å²) >= 11 is 5.57. The molecule has 0 aliphatic carbocycles. The van der Waals surface area contributed by atoms with Crippen LogP contribution in [-0.2, 0) is 4.79 Å². The number of carbonyl (C=O) groups is 1. The van der Waals surface area contributed by atoms with Gasteiger partial charge in [-0.15, -0.1) is 0 Å². The zero-order valence-corrected chi connectivity index (χ0v) is 9.82. The fraction of sp³-hybridized carbons (Fsp3) is 0.700. The van der Waals surface area contributed by atoms with E-state index in [0.29, 0.717) is 24.0 Å². The summed E-state index contributed by atoms with van der Waals surface area (Å²) < 4.78 is 0. The van der Waals surface area contributed by atoms with Crippen molar-refractivity contribution in [3.05, 3.63) is 11.6 Å². The number of nitrogens with one attached hydrogen (secondary N) is 2. The summed E-state index contributed by atoms with van der Waals surface area (Å²) in [6.45, 7) is 10.6. The van der Waals surface area contributed by atoms with Gasteiger partial charge in [0.2, 0.25) is 5.91 Å². The molecule has 2 N–H and O–H groups in total. The van der Waals surface area contributed by atoms with Crippen molar-refractivity contribution in [2.45, 2.75) is 26.8 Å². The van der Waals surface area contributed by atoms with Crippen LogP contribution in [0.2, 0.25) is 0 Å². The SMILES string of the molecule is C=C(Cl)CNC(C)C(=O)NCC(C)C. The van der Waals surface area contributed by atoms with Gasteiger partial charge in [0.1, 0.15) is 0 Å². The molecule has 0 bridgehead atoms. The monoisotopic (exact) mass is 218 g/mol. The van der Waals surface area contributed by atoms with Crippen molar-refractivity contribution in [2.75, 3.05) is 13.1 Å². The highest BCUT2D eigenvalue weighted by Gasteiger charge is 2.11. The second-order valence-corrected chi connectivity index (χ2v) is 4.29. The number of amides is 1. The molecule has 1 atom stereocenters. The van der Waals surface area contributed by atoms with Crippen molar-refractivity contribution in [2.24, 2.45) is 5.92 Å². The van der Waals surface area contributed by atoms with E-state index >= 15 is 0 Å². The van der Waals surface area contributed by atoms with Crippen LogP contribution in [-0.4, -0.2) is 25.0 Å². The lowest BCUT2D eigenvalue weighted by Gasteiger charge is -2.14. The molecule has 0 heterocycles. The Balaban J connectivity index is 3.70. The predicted octanol–water partition coefficient (Wildman–Crippen LogP) is 1.49. The van der Waals surface area contributed by atoms with Crippen LogP contribution >= 0.6 is 11.6 Å². The molecule has 0 spiro atoms. The normalized spacial score (nSPS) is 12.6. The summed E-state index contributed by atoms with van der Waals surface area (Å²) in [6, 6.07) is -0.232. The molecule has 0 saturated carbocycles. The Morgan fingerprint density at radius 2 is 2.00 bits per heavy atom. The average molecular weight is 219 g/mol. The third-order valence-corrected chi connectivity index (χ3v) is 1.81. The Morgan fingerprint density at radius 1 is 1.43 bits per heavy atom. The molecular formula is C10H19ClN2O. The van der Waals surface area contributed by atoms with Crippen LogP contribution in [0.4, 0.5) is 0 Å². The Morgan fingerprint density at radius 3 is 2.43 bits per heavy atom. The van der Waals surface area contributed by atoms with Gasteiger partial charge in [0.15, 0.2) is 0 Å². The molecule has 4 heteroatoms. The second kappa shape index (κ2) is 6.85. The number of halogens is 1. The first-order chi connectivity index (χ1) is 6.43. The zero-order chi connectivity index (χ0) is 11.1. The maximum Gasteiger partial charge on any atom is 0.236 e. The van der Waals surface area contributed by atoms with Gasteiger partial charge in [-0.1, -0.05) is 32.0 Å². The largest absolute Gasteiger partial charge is 0.354 e. The molecule has 3 nitrogen and oxygen atoms in total. The van der Waals surface area contributed by atoms with Gasteiger partial charge >= 0.3 is 0 Å². The van der Waals surface area contributed by atoms with E-state index in [1.807, 2.05) is 0 Å². The zero-order valence-electron chi connectivity index (χ0n) is 9.06. The Bertz CT molecular complexity index is 204. The van der Waals surface area contributed by atoms with Crippen molar-refractivity contribution in [1.82, 2.24) is 10.6 Å². The van der Waals surface area contributed by atoms with E-state index in [4.69, 9.17) is 11.6 Å². The van der Waals surface area contributed by atoms with Crippen LogP contribution in [0.25, 0.3) is 0 Å². The fourth-order valence-corrected chi connectivity index (χ4v) is 0.891. The van der Waals surface area contributed by atoms with Gasteiger partial charge in [0.05, 0.1) is 6.04 Å². The second-order valence-electron chi connectivity index (χ2n) is 3.76. The lowest BCUT2D eigenvalue weighted by atomic mass is 10.2. The molecule has 1 amide bonds. The van der Waals surface area contributed by atoms with Crippen molar-refractivity contribution in [1.29, 1.82) is 0 Å². The highest BCUT2D eigenvalue weighted by molar-refractivity contribution is 6.29. The summed E-state index contributed by atoms with van der Waals surface area (Å²) in [5.41, 5.74) is 0. The number of rotatable bonds is 6. The van der Waals surface area contributed by atoms with Crippen molar-refractivity contribution >= 4 is 17.5 Å². The quantitative estimate of drug-likeness (QED) is 0.710. The molecule has 0 aliphatic rings. The van der Waals surface area contributed by atoms with Crippen LogP contribution in [0.1, 0.15) is 20.8 Å². The summed E-state index contributed by atoms with van der Waals surface area (Å²) in [7, 11) is 0. The summed E-state index contributed by atoms with van der Waals surface area (Å²) in [6.07, 6.45) is 0. The molecule has 0 aromatic heterocycles. The van der Waals surface area contributed by atoms with E-state index in [0.717, 1.165) is 0 Å². The van der Waals surface area contributed by atoms with E-state index in [-0.39, 0.29) is 11.9 Å². The summed E-state index contributed by atoms with van der Waals surface area (Å²) in [4.78, 5) is 11.4. The summed E-state index contributed by atoms with van der Waals surface area (Å²) in [5.74, 6) is 0.464. The topological polar surface area (TPSA) is 41.1 Å². The highest BCUT2D eigenvalue weighted by Crippen LogP contribution is 1.94. The fourth-order valence-electron chi connectivity index (χ4n) is 0.814. The van der Waals surface area contributed by atoms with Crippen LogP contribution in [0.3, 0.4) is 0 Å². The Hall–Kier alpha value is -0.540. The standard InChI is InChI=1S/C10H19ClN2O/c1-7(2)5-13-10(14)9(4)12-6-8(3)11/h7,9,12H,3,5-6H2,1-2,4H3,(H,13,14). The van der Waals surface area contributed by atoms with Crippen molar-refractivity contribution in [3.8, 4) is 0 Å². The number of hydrogen-bond donors (Lipinski definition) is 2. The van der Waals surface area contributed by atoms with Gasteiger partial charge in [-0.05, 0) is 12.8 Å². The van der Waals surface area contributed by atoms with Gasteiger partial charge in [0.25, 0.3) is 0 Å².